The first kappa shape index (κ1) is 15.9. The Morgan fingerprint density at radius 1 is 1.37 bits per heavy atom. The maximum absolute atomic E-state index is 12.0. The Kier molecular flexibility index (Phi) is 5.72. The molecule has 106 valence electrons. The third kappa shape index (κ3) is 6.00. The van der Waals surface area contributed by atoms with E-state index in [2.05, 4.69) is 26.0 Å². The summed E-state index contributed by atoms with van der Waals surface area (Å²) >= 11 is 3.26. The van der Waals surface area contributed by atoms with Crippen molar-refractivity contribution >= 4 is 21.8 Å². The molecule has 1 aromatic carbocycles. The normalized spacial score (nSPS) is 11.5. The molecule has 0 bridgehead atoms. The van der Waals surface area contributed by atoms with E-state index in [1.807, 2.05) is 0 Å². The maximum atomic E-state index is 12.0. The fourth-order valence-corrected chi connectivity index (χ4v) is 1.51. The van der Waals surface area contributed by atoms with Crippen LogP contribution in [-0.2, 0) is 11.2 Å². The number of hydrogen-bond donors (Lipinski definition) is 1. The Morgan fingerprint density at radius 3 is 2.42 bits per heavy atom. The van der Waals surface area contributed by atoms with Crippen molar-refractivity contribution in [2.24, 2.45) is 0 Å². The summed E-state index contributed by atoms with van der Waals surface area (Å²) in [6.07, 6.45) is 0.629. The highest BCUT2D eigenvalue weighted by Crippen LogP contribution is 2.16. The molecule has 1 aromatic rings. The smallest absolute Gasteiger partial charge is 0.387 e. The zero-order valence-corrected chi connectivity index (χ0v) is 12.3. The van der Waals surface area contributed by atoms with Crippen LogP contribution in [0.5, 0.6) is 5.75 Å². The van der Waals surface area contributed by atoms with Crippen LogP contribution in [0.15, 0.2) is 24.3 Å². The molecule has 1 amide bonds. The molecular weight excluding hydrogens is 320 g/mol. The molecule has 0 spiro atoms. The van der Waals surface area contributed by atoms with Crippen LogP contribution in [-0.4, -0.2) is 23.4 Å². The summed E-state index contributed by atoms with van der Waals surface area (Å²) in [4.78, 5) is 11.6. The number of carbonyl (C=O) groups excluding carboxylic acids is 1. The first-order valence-electron chi connectivity index (χ1n) is 5.80. The van der Waals surface area contributed by atoms with E-state index in [1.165, 1.54) is 12.1 Å². The lowest BCUT2D eigenvalue weighted by Crippen LogP contribution is -2.38. The van der Waals surface area contributed by atoms with Crippen molar-refractivity contribution in [1.29, 1.82) is 0 Å². The molecular formula is C13H16BrF2NO2. The number of carbonyl (C=O) groups is 1. The van der Waals surface area contributed by atoms with E-state index < -0.39 is 10.9 Å². The summed E-state index contributed by atoms with van der Waals surface area (Å²) in [7, 11) is 0. The van der Waals surface area contributed by atoms with Crippen molar-refractivity contribution in [3.63, 3.8) is 0 Å². The highest BCUT2D eigenvalue weighted by molar-refractivity contribution is 9.10. The predicted molar refractivity (Wildman–Crippen MR) is 72.8 cm³/mol. The van der Waals surface area contributed by atoms with E-state index in [0.717, 1.165) is 5.56 Å². The summed E-state index contributed by atoms with van der Waals surface area (Å²) in [5, 5.41) is 2.78. The first-order chi connectivity index (χ1) is 8.79. The van der Waals surface area contributed by atoms with E-state index >= 15 is 0 Å². The molecule has 0 heterocycles. The lowest BCUT2D eigenvalue weighted by atomic mass is 10.1. The molecule has 0 aliphatic carbocycles. The van der Waals surface area contributed by atoms with E-state index in [1.54, 1.807) is 26.0 Å². The third-order valence-electron chi connectivity index (χ3n) is 2.39. The molecule has 0 aromatic heterocycles. The number of benzene rings is 1. The van der Waals surface area contributed by atoms with Gasteiger partial charge in [-0.3, -0.25) is 4.79 Å². The molecule has 0 fully saturated rings. The number of nitrogens with one attached hydrogen (secondary N) is 1. The monoisotopic (exact) mass is 335 g/mol. The van der Waals surface area contributed by atoms with Crippen LogP contribution in [0.1, 0.15) is 19.4 Å². The van der Waals surface area contributed by atoms with Gasteiger partial charge in [-0.05, 0) is 38.0 Å². The van der Waals surface area contributed by atoms with E-state index in [4.69, 9.17) is 0 Å². The molecule has 0 aliphatic rings. The molecule has 0 saturated carbocycles. The molecule has 0 atom stereocenters. The molecule has 0 saturated heterocycles. The maximum Gasteiger partial charge on any atom is 0.387 e. The van der Waals surface area contributed by atoms with Crippen LogP contribution < -0.4 is 10.1 Å². The van der Waals surface area contributed by atoms with Gasteiger partial charge in [0.05, 0.1) is 4.32 Å². The molecule has 0 radical (unpaired) electrons. The fraction of sp³-hybridized carbons (Fsp3) is 0.462. The van der Waals surface area contributed by atoms with Gasteiger partial charge < -0.3 is 10.1 Å². The second kappa shape index (κ2) is 6.84. The molecule has 19 heavy (non-hydrogen) atoms. The first-order valence-corrected chi connectivity index (χ1v) is 6.59. The molecule has 1 N–H and O–H groups in total. The van der Waals surface area contributed by atoms with Gasteiger partial charge in [-0.1, -0.05) is 28.1 Å². The molecule has 0 aliphatic heterocycles. The Balaban J connectivity index is 2.40. The predicted octanol–water partition coefficient (Wildman–Crippen LogP) is 3.12. The van der Waals surface area contributed by atoms with Crippen molar-refractivity contribution in [3.8, 4) is 5.75 Å². The van der Waals surface area contributed by atoms with Gasteiger partial charge in [-0.2, -0.15) is 8.78 Å². The highest BCUT2D eigenvalue weighted by Gasteiger charge is 2.22. The topological polar surface area (TPSA) is 38.3 Å². The van der Waals surface area contributed by atoms with Crippen LogP contribution in [0.4, 0.5) is 8.78 Å². The van der Waals surface area contributed by atoms with Crippen LogP contribution in [0.3, 0.4) is 0 Å². The van der Waals surface area contributed by atoms with Gasteiger partial charge in [0.25, 0.3) is 0 Å². The lowest BCUT2D eigenvalue weighted by molar-refractivity contribution is -0.122. The van der Waals surface area contributed by atoms with Crippen molar-refractivity contribution in [1.82, 2.24) is 5.32 Å². The third-order valence-corrected chi connectivity index (χ3v) is 2.75. The summed E-state index contributed by atoms with van der Waals surface area (Å²) in [5.74, 6) is 0.0366. The van der Waals surface area contributed by atoms with Crippen molar-refractivity contribution < 1.29 is 18.3 Å². The molecule has 3 nitrogen and oxygen atoms in total. The Labute approximate surface area is 119 Å². The van der Waals surface area contributed by atoms with Crippen molar-refractivity contribution in [3.05, 3.63) is 29.8 Å². The zero-order valence-electron chi connectivity index (χ0n) is 10.8. The highest BCUT2D eigenvalue weighted by atomic mass is 79.9. The minimum atomic E-state index is -2.81. The Bertz CT molecular complexity index is 416. The van der Waals surface area contributed by atoms with E-state index in [9.17, 15) is 13.6 Å². The summed E-state index contributed by atoms with van der Waals surface area (Å²) in [6, 6.07) is 6.36. The van der Waals surface area contributed by atoms with Crippen LogP contribution in [0, 0.1) is 0 Å². The lowest BCUT2D eigenvalue weighted by Gasteiger charge is -2.15. The number of alkyl halides is 3. The SMILES string of the molecule is CC(C)(Br)C(=O)NCCc1ccc(OC(F)F)cc1. The molecule has 6 heteroatoms. The summed E-state index contributed by atoms with van der Waals surface area (Å²) < 4.78 is 27.6. The minimum Gasteiger partial charge on any atom is -0.435 e. The van der Waals surface area contributed by atoms with Crippen molar-refractivity contribution in [2.75, 3.05) is 6.54 Å². The van der Waals surface area contributed by atoms with Gasteiger partial charge in [0.1, 0.15) is 5.75 Å². The van der Waals surface area contributed by atoms with Crippen LogP contribution in [0.25, 0.3) is 0 Å². The largest absolute Gasteiger partial charge is 0.435 e. The Hall–Kier alpha value is -1.17. The average Bonchev–Trinajstić information content (AvgIpc) is 2.29. The standard InChI is InChI=1S/C13H16BrF2NO2/c1-13(2,14)11(18)17-8-7-9-3-5-10(6-4-9)19-12(15)16/h3-6,12H,7-8H2,1-2H3,(H,17,18). The summed E-state index contributed by atoms with van der Waals surface area (Å²) in [6.45, 7) is 1.20. The van der Waals surface area contributed by atoms with Crippen molar-refractivity contribution in [2.45, 2.75) is 31.2 Å². The van der Waals surface area contributed by atoms with Gasteiger partial charge in [0, 0.05) is 6.54 Å². The number of amides is 1. The second-order valence-corrected chi connectivity index (χ2v) is 6.48. The van der Waals surface area contributed by atoms with Gasteiger partial charge in [-0.25, -0.2) is 0 Å². The average molecular weight is 336 g/mol. The van der Waals surface area contributed by atoms with Gasteiger partial charge in [0.15, 0.2) is 0 Å². The van der Waals surface area contributed by atoms with Gasteiger partial charge >= 0.3 is 6.61 Å². The molecule has 1 rings (SSSR count). The Morgan fingerprint density at radius 2 is 1.95 bits per heavy atom. The van der Waals surface area contributed by atoms with E-state index in [0.29, 0.717) is 13.0 Å². The minimum absolute atomic E-state index is 0.0925. The van der Waals surface area contributed by atoms with Gasteiger partial charge in [-0.15, -0.1) is 0 Å². The second-order valence-electron chi connectivity index (χ2n) is 4.50. The van der Waals surface area contributed by atoms with Gasteiger partial charge in [0.2, 0.25) is 5.91 Å². The zero-order chi connectivity index (χ0) is 14.5. The van der Waals surface area contributed by atoms with Crippen LogP contribution >= 0.6 is 15.9 Å². The number of rotatable bonds is 6. The number of halogens is 3. The quantitative estimate of drug-likeness (QED) is 0.811. The number of hydrogen-bond acceptors (Lipinski definition) is 2. The number of ether oxygens (including phenoxy) is 1. The summed E-state index contributed by atoms with van der Waals surface area (Å²) in [5.41, 5.74) is 0.939. The van der Waals surface area contributed by atoms with E-state index in [-0.39, 0.29) is 11.7 Å². The van der Waals surface area contributed by atoms with Crippen LogP contribution in [0.2, 0.25) is 0 Å². The molecule has 0 unspecified atom stereocenters. The fourth-order valence-electron chi connectivity index (χ4n) is 1.37.